The third kappa shape index (κ3) is 8.51. The maximum atomic E-state index is 6.16. The van der Waals surface area contributed by atoms with Crippen LogP contribution < -0.4 is 4.90 Å². The topological polar surface area (TPSA) is 21.7 Å². The van der Waals surface area contributed by atoms with E-state index in [1.165, 1.54) is 136 Å². The largest absolute Gasteiger partial charge is 0.360 e. The first-order valence-corrected chi connectivity index (χ1v) is 24.6. The van der Waals surface area contributed by atoms with Crippen molar-refractivity contribution in [2.24, 2.45) is 5.41 Å². The Morgan fingerprint density at radius 3 is 2.07 bits per heavy atom. The maximum absolute atomic E-state index is 6.16. The quantitative estimate of drug-likeness (QED) is 0.0872. The van der Waals surface area contributed by atoms with Gasteiger partial charge in [-0.05, 0) is 79.1 Å². The highest BCUT2D eigenvalue weighted by atomic mass is 32.1. The van der Waals surface area contributed by atoms with E-state index in [0.29, 0.717) is 0 Å². The molecular formula is C49H59NO2S4. The number of hydrogen-bond acceptors (Lipinski definition) is 7. The lowest BCUT2D eigenvalue weighted by atomic mass is 9.83. The normalized spacial score (nSPS) is 18.0. The molecule has 4 aromatic heterocycles. The lowest BCUT2D eigenvalue weighted by Gasteiger charge is -2.40. The molecule has 0 saturated carbocycles. The van der Waals surface area contributed by atoms with Gasteiger partial charge >= 0.3 is 0 Å². The molecule has 7 heteroatoms. The predicted octanol–water partition coefficient (Wildman–Crippen LogP) is 15.7. The Balaban J connectivity index is 1.19. The van der Waals surface area contributed by atoms with E-state index in [0.717, 1.165) is 32.6 Å². The summed E-state index contributed by atoms with van der Waals surface area (Å²) in [6, 6.07) is 19.4. The predicted molar refractivity (Wildman–Crippen MR) is 247 cm³/mol. The van der Waals surface area contributed by atoms with Crippen molar-refractivity contribution in [1.29, 1.82) is 0 Å². The SMILES string of the molecule is CCCCCCc1cc(-c2sc(-c3cc4sc(C5OCC(C)(C)CO5)cc4s3)cc2CCCCCC)sc1C1=C2C=CC=CC2N(CCCC)c2ccccc21. The number of allylic oxidation sites excluding steroid dienone is 2. The molecule has 0 spiro atoms. The van der Waals surface area contributed by atoms with Gasteiger partial charge in [-0.1, -0.05) is 122 Å². The summed E-state index contributed by atoms with van der Waals surface area (Å²) < 4.78 is 15.0. The molecule has 296 valence electrons. The molecule has 1 saturated heterocycles. The first kappa shape index (κ1) is 40.0. The van der Waals surface area contributed by atoms with Gasteiger partial charge in [-0.25, -0.2) is 0 Å². The van der Waals surface area contributed by atoms with Crippen molar-refractivity contribution in [2.45, 2.75) is 124 Å². The lowest BCUT2D eigenvalue weighted by Crippen LogP contribution is -2.40. The van der Waals surface area contributed by atoms with Crippen LogP contribution in [-0.2, 0) is 22.3 Å². The molecule has 0 amide bonds. The van der Waals surface area contributed by atoms with E-state index >= 15 is 0 Å². The molecule has 1 atom stereocenters. The van der Waals surface area contributed by atoms with E-state index in [4.69, 9.17) is 9.47 Å². The Morgan fingerprint density at radius 1 is 0.679 bits per heavy atom. The Labute approximate surface area is 351 Å². The van der Waals surface area contributed by atoms with Gasteiger partial charge in [0.25, 0.3) is 0 Å². The van der Waals surface area contributed by atoms with Crippen LogP contribution in [0.25, 0.3) is 34.5 Å². The zero-order chi connectivity index (χ0) is 38.6. The highest BCUT2D eigenvalue weighted by Gasteiger charge is 2.34. The van der Waals surface area contributed by atoms with Gasteiger partial charge in [-0.2, -0.15) is 0 Å². The minimum absolute atomic E-state index is 0.0726. The fourth-order valence-electron chi connectivity index (χ4n) is 8.43. The molecule has 1 fully saturated rings. The number of unbranched alkanes of at least 4 members (excludes halogenated alkanes) is 7. The van der Waals surface area contributed by atoms with E-state index in [-0.39, 0.29) is 17.7 Å². The molecule has 5 aromatic rings. The monoisotopic (exact) mass is 821 g/mol. The molecule has 6 heterocycles. The van der Waals surface area contributed by atoms with Crippen LogP contribution >= 0.6 is 45.3 Å². The first-order valence-electron chi connectivity index (χ1n) is 21.4. The van der Waals surface area contributed by atoms with Crippen molar-refractivity contribution < 1.29 is 9.47 Å². The highest BCUT2D eigenvalue weighted by Crippen LogP contribution is 2.51. The third-order valence-corrected chi connectivity index (χ3v) is 16.5. The Kier molecular flexibility index (Phi) is 12.9. The molecule has 1 aromatic carbocycles. The van der Waals surface area contributed by atoms with Gasteiger partial charge in [0.1, 0.15) is 0 Å². The van der Waals surface area contributed by atoms with Gasteiger partial charge in [0.05, 0.1) is 24.1 Å². The number of hydrogen-bond donors (Lipinski definition) is 0. The van der Waals surface area contributed by atoms with Crippen molar-refractivity contribution in [3.05, 3.63) is 105 Å². The molecule has 3 aliphatic rings. The second kappa shape index (κ2) is 18.0. The van der Waals surface area contributed by atoms with Crippen molar-refractivity contribution in [3.8, 4) is 19.5 Å². The Hall–Kier alpha value is -2.78. The standard InChI is InChI=1S/C49H59NO2S4/c1-6-9-12-14-20-33-27-39(40-29-41-42(53-40)30-44(54-41)48-51-31-49(4,5)32-52-48)55-46(33)43-28-34(21-15-13-10-7-2)47(56-43)45-35-22-16-18-24-37(35)50(26-11-8-3)38-25-19-17-23-36(38)45/h16-19,22-25,27-30,37,48H,6-15,20-21,26,31-32H2,1-5H3. The molecular weight excluding hydrogens is 763 g/mol. The van der Waals surface area contributed by atoms with Crippen LogP contribution in [0.4, 0.5) is 5.69 Å². The van der Waals surface area contributed by atoms with Crippen LogP contribution in [0.1, 0.15) is 132 Å². The molecule has 2 aliphatic heterocycles. The molecule has 0 N–H and O–H groups in total. The van der Waals surface area contributed by atoms with Crippen LogP contribution in [-0.4, -0.2) is 25.8 Å². The second-order valence-electron chi connectivity index (χ2n) is 16.7. The minimum Gasteiger partial charge on any atom is -0.360 e. The molecule has 1 aliphatic carbocycles. The summed E-state index contributed by atoms with van der Waals surface area (Å²) in [4.78, 5) is 11.1. The number of thiophene rings is 4. The van der Waals surface area contributed by atoms with Crippen LogP contribution in [0, 0.1) is 5.41 Å². The summed E-state index contributed by atoms with van der Waals surface area (Å²) in [5.41, 5.74) is 8.85. The van der Waals surface area contributed by atoms with Gasteiger partial charge in [0.2, 0.25) is 0 Å². The van der Waals surface area contributed by atoms with E-state index < -0.39 is 0 Å². The molecule has 0 bridgehead atoms. The second-order valence-corrected chi connectivity index (χ2v) is 21.0. The smallest absolute Gasteiger partial charge is 0.193 e. The average molecular weight is 822 g/mol. The van der Waals surface area contributed by atoms with E-state index in [2.05, 4.69) is 124 Å². The summed E-state index contributed by atoms with van der Waals surface area (Å²) in [6.07, 6.45) is 24.0. The lowest BCUT2D eigenvalue weighted by molar-refractivity contribution is -0.224. The van der Waals surface area contributed by atoms with Crippen LogP contribution in [0.15, 0.2) is 78.4 Å². The van der Waals surface area contributed by atoms with Crippen molar-refractivity contribution in [2.75, 3.05) is 24.7 Å². The fraction of sp³-hybridized carbons (Fsp3) is 0.469. The van der Waals surface area contributed by atoms with Gasteiger partial charge in [0.15, 0.2) is 6.29 Å². The number of benzene rings is 1. The number of anilines is 1. The first-order chi connectivity index (χ1) is 27.4. The van der Waals surface area contributed by atoms with Gasteiger partial charge < -0.3 is 14.4 Å². The minimum atomic E-state index is -0.245. The number of ether oxygens (including phenoxy) is 2. The summed E-state index contributed by atoms with van der Waals surface area (Å²) in [5, 5.41) is 0. The highest BCUT2D eigenvalue weighted by molar-refractivity contribution is 7.32. The van der Waals surface area contributed by atoms with Gasteiger partial charge in [-0.15, -0.1) is 45.3 Å². The summed E-state index contributed by atoms with van der Waals surface area (Å²) in [7, 11) is 0. The van der Waals surface area contributed by atoms with Crippen LogP contribution in [0.5, 0.6) is 0 Å². The van der Waals surface area contributed by atoms with Crippen molar-refractivity contribution in [3.63, 3.8) is 0 Å². The zero-order valence-corrected chi connectivity index (χ0v) is 37.4. The summed E-state index contributed by atoms with van der Waals surface area (Å²) in [6.45, 7) is 13.9. The number of para-hydroxylation sites is 1. The molecule has 3 nitrogen and oxygen atoms in total. The number of aryl methyl sites for hydroxylation is 2. The van der Waals surface area contributed by atoms with Gasteiger partial charge in [0, 0.05) is 62.6 Å². The molecule has 8 rings (SSSR count). The van der Waals surface area contributed by atoms with Crippen LogP contribution in [0.2, 0.25) is 0 Å². The van der Waals surface area contributed by atoms with E-state index in [1.807, 2.05) is 34.0 Å². The van der Waals surface area contributed by atoms with Gasteiger partial charge in [-0.3, -0.25) is 0 Å². The molecule has 56 heavy (non-hydrogen) atoms. The van der Waals surface area contributed by atoms with E-state index in [9.17, 15) is 0 Å². The summed E-state index contributed by atoms with van der Waals surface area (Å²) in [5.74, 6) is 0. The van der Waals surface area contributed by atoms with Crippen molar-refractivity contribution >= 4 is 66.0 Å². The Morgan fingerprint density at radius 2 is 1.34 bits per heavy atom. The summed E-state index contributed by atoms with van der Waals surface area (Å²) >= 11 is 7.85. The average Bonchev–Trinajstić information content (AvgIpc) is 4.00. The number of fused-ring (bicyclic) bond motifs is 3. The maximum Gasteiger partial charge on any atom is 0.193 e. The Bertz CT molecular complexity index is 2160. The number of rotatable bonds is 17. The van der Waals surface area contributed by atoms with Crippen LogP contribution in [0.3, 0.4) is 0 Å². The molecule has 1 unspecified atom stereocenters. The zero-order valence-electron chi connectivity index (χ0n) is 34.1. The number of nitrogens with zero attached hydrogens (tertiary/aromatic N) is 1. The van der Waals surface area contributed by atoms with Crippen molar-refractivity contribution in [1.82, 2.24) is 0 Å². The fourth-order valence-corrected chi connectivity index (χ4v) is 13.5. The van der Waals surface area contributed by atoms with E-state index in [1.54, 1.807) is 0 Å². The molecule has 0 radical (unpaired) electrons. The third-order valence-electron chi connectivity index (χ3n) is 11.5.